The molecule has 0 spiro atoms. The number of anilines is 1. The Morgan fingerprint density at radius 2 is 1.86 bits per heavy atom. The Morgan fingerprint density at radius 3 is 2.55 bits per heavy atom. The summed E-state index contributed by atoms with van der Waals surface area (Å²) < 4.78 is 0. The van der Waals surface area contributed by atoms with Crippen molar-refractivity contribution in [2.45, 2.75) is 31.8 Å². The van der Waals surface area contributed by atoms with Crippen molar-refractivity contribution < 1.29 is 14.8 Å². The zero-order valence-electron chi connectivity index (χ0n) is 15.9. The number of pyridine rings is 1. The largest absolute Gasteiger partial charge is 0.465 e. The minimum absolute atomic E-state index is 0.110. The molecule has 1 aromatic heterocycles. The summed E-state index contributed by atoms with van der Waals surface area (Å²) in [5, 5.41) is 27.1. The van der Waals surface area contributed by atoms with Crippen LogP contribution in [0.5, 0.6) is 0 Å². The van der Waals surface area contributed by atoms with Crippen LogP contribution in [0.25, 0.3) is 10.9 Å². The van der Waals surface area contributed by atoms with Crippen LogP contribution in [0.3, 0.4) is 0 Å². The lowest BCUT2D eigenvalue weighted by atomic mass is 9.99. The van der Waals surface area contributed by atoms with Gasteiger partial charge in [-0.15, -0.1) is 0 Å². The topological polar surface area (TPSA) is 117 Å². The molecular weight excluding hydrogens is 372 g/mol. The van der Waals surface area contributed by atoms with E-state index in [2.05, 4.69) is 15.6 Å². The van der Waals surface area contributed by atoms with Crippen LogP contribution in [0.2, 0.25) is 0 Å². The van der Waals surface area contributed by atoms with E-state index in [0.717, 1.165) is 5.56 Å². The first kappa shape index (κ1) is 20.1. The highest BCUT2D eigenvalue weighted by molar-refractivity contribution is 5.95. The number of benzene rings is 2. The summed E-state index contributed by atoms with van der Waals surface area (Å²) >= 11 is 0. The Balaban J connectivity index is 1.82. The summed E-state index contributed by atoms with van der Waals surface area (Å²) in [5.41, 5.74) is 1.94. The molecule has 0 bridgehead atoms. The van der Waals surface area contributed by atoms with Crippen LogP contribution in [-0.4, -0.2) is 33.2 Å². The van der Waals surface area contributed by atoms with Gasteiger partial charge in [0.2, 0.25) is 0 Å². The fourth-order valence-electron chi connectivity index (χ4n) is 3.42. The van der Waals surface area contributed by atoms with E-state index in [9.17, 15) is 20.0 Å². The molecule has 0 saturated heterocycles. The second-order valence-electron chi connectivity index (χ2n) is 6.91. The van der Waals surface area contributed by atoms with Gasteiger partial charge in [-0.1, -0.05) is 48.5 Å². The van der Waals surface area contributed by atoms with Crippen molar-refractivity contribution in [3.63, 3.8) is 0 Å². The van der Waals surface area contributed by atoms with Crippen LogP contribution in [0.1, 0.15) is 18.9 Å². The van der Waals surface area contributed by atoms with Gasteiger partial charge < -0.3 is 15.7 Å². The maximum atomic E-state index is 11.5. The molecule has 8 heteroatoms. The number of aromatic nitrogens is 1. The van der Waals surface area contributed by atoms with Gasteiger partial charge in [-0.25, -0.2) is 9.78 Å². The van der Waals surface area contributed by atoms with Gasteiger partial charge in [0.15, 0.2) is 0 Å². The average molecular weight is 394 g/mol. The van der Waals surface area contributed by atoms with E-state index in [4.69, 9.17) is 0 Å². The van der Waals surface area contributed by atoms with Crippen molar-refractivity contribution in [3.8, 4) is 0 Å². The lowest BCUT2D eigenvalue weighted by Gasteiger charge is -2.23. The van der Waals surface area contributed by atoms with Crippen molar-refractivity contribution in [3.05, 3.63) is 76.5 Å². The number of nitrogens with one attached hydrogen (secondary N) is 2. The lowest BCUT2D eigenvalue weighted by Crippen LogP contribution is -2.39. The first-order chi connectivity index (χ1) is 13.9. The Labute approximate surface area is 167 Å². The first-order valence-corrected chi connectivity index (χ1v) is 9.26. The molecule has 1 heterocycles. The van der Waals surface area contributed by atoms with Crippen LogP contribution in [0.15, 0.2) is 60.8 Å². The standard InChI is InChI=1S/C21H22N4O4/c1-14(11-16(24-21(26)27)12-15-7-3-2-4-8-15)23-20-17-9-5-6-10-18(17)22-13-19(20)25(28)29/h2-10,13-14,16,24H,11-12H2,1H3,(H,22,23)(H,26,27)/t14-,16?/m1/s1. The van der Waals surface area contributed by atoms with Crippen LogP contribution >= 0.6 is 0 Å². The van der Waals surface area contributed by atoms with Gasteiger partial charge in [-0.05, 0) is 31.4 Å². The van der Waals surface area contributed by atoms with Gasteiger partial charge in [0.25, 0.3) is 0 Å². The minimum atomic E-state index is -1.10. The molecule has 3 N–H and O–H groups in total. The summed E-state index contributed by atoms with van der Waals surface area (Å²) in [6.45, 7) is 1.88. The number of rotatable bonds is 8. The van der Waals surface area contributed by atoms with Crippen LogP contribution < -0.4 is 10.6 Å². The second-order valence-corrected chi connectivity index (χ2v) is 6.91. The zero-order valence-corrected chi connectivity index (χ0v) is 15.9. The second kappa shape index (κ2) is 9.01. The molecular formula is C21H22N4O4. The van der Waals surface area contributed by atoms with Gasteiger partial charge in [-0.2, -0.15) is 0 Å². The molecule has 150 valence electrons. The molecule has 0 saturated carbocycles. The number of para-hydroxylation sites is 1. The van der Waals surface area contributed by atoms with E-state index in [-0.39, 0.29) is 17.8 Å². The number of amides is 1. The van der Waals surface area contributed by atoms with E-state index >= 15 is 0 Å². The fraction of sp³-hybridized carbons (Fsp3) is 0.238. The maximum absolute atomic E-state index is 11.5. The monoisotopic (exact) mass is 394 g/mol. The molecule has 8 nitrogen and oxygen atoms in total. The molecule has 1 amide bonds. The zero-order chi connectivity index (χ0) is 20.8. The molecule has 2 aromatic carbocycles. The number of fused-ring (bicyclic) bond motifs is 1. The van der Waals surface area contributed by atoms with Gasteiger partial charge >= 0.3 is 11.8 Å². The smallest absolute Gasteiger partial charge is 0.404 e. The summed E-state index contributed by atoms with van der Waals surface area (Å²) in [6, 6.07) is 16.2. The summed E-state index contributed by atoms with van der Waals surface area (Å²) in [5.74, 6) is 0. The number of nitro groups is 1. The molecule has 0 radical (unpaired) electrons. The van der Waals surface area contributed by atoms with Crippen molar-refractivity contribution >= 4 is 28.4 Å². The third-order valence-electron chi connectivity index (χ3n) is 4.63. The highest BCUT2D eigenvalue weighted by Crippen LogP contribution is 2.32. The number of hydrogen-bond donors (Lipinski definition) is 3. The van der Waals surface area contributed by atoms with E-state index in [1.165, 1.54) is 6.20 Å². The van der Waals surface area contributed by atoms with Crippen LogP contribution in [-0.2, 0) is 6.42 Å². The number of carbonyl (C=O) groups is 1. The van der Waals surface area contributed by atoms with Crippen LogP contribution in [0.4, 0.5) is 16.2 Å². The van der Waals surface area contributed by atoms with E-state index in [0.29, 0.717) is 29.4 Å². The van der Waals surface area contributed by atoms with E-state index < -0.39 is 11.0 Å². The third kappa shape index (κ3) is 5.19. The average Bonchev–Trinajstić information content (AvgIpc) is 2.68. The van der Waals surface area contributed by atoms with E-state index in [1.54, 1.807) is 18.2 Å². The predicted octanol–water partition coefficient (Wildman–Crippen LogP) is 4.21. The Morgan fingerprint density at radius 1 is 1.17 bits per heavy atom. The predicted molar refractivity (Wildman–Crippen MR) is 111 cm³/mol. The molecule has 3 aromatic rings. The van der Waals surface area contributed by atoms with Crippen molar-refractivity contribution in [2.75, 3.05) is 5.32 Å². The van der Waals surface area contributed by atoms with Gasteiger partial charge in [0, 0.05) is 17.5 Å². The normalized spacial score (nSPS) is 12.9. The Bertz CT molecular complexity index is 1010. The molecule has 0 aliphatic heterocycles. The van der Waals surface area contributed by atoms with Crippen molar-refractivity contribution in [1.29, 1.82) is 0 Å². The summed E-state index contributed by atoms with van der Waals surface area (Å²) in [7, 11) is 0. The fourth-order valence-corrected chi connectivity index (χ4v) is 3.42. The van der Waals surface area contributed by atoms with Crippen LogP contribution in [0, 0.1) is 10.1 Å². The van der Waals surface area contributed by atoms with Crippen molar-refractivity contribution in [2.24, 2.45) is 0 Å². The maximum Gasteiger partial charge on any atom is 0.404 e. The number of carboxylic acid groups (broad SMARTS) is 1. The van der Waals surface area contributed by atoms with Gasteiger partial charge in [-0.3, -0.25) is 10.1 Å². The number of hydrogen-bond acceptors (Lipinski definition) is 5. The van der Waals surface area contributed by atoms with Gasteiger partial charge in [0.1, 0.15) is 11.9 Å². The lowest BCUT2D eigenvalue weighted by molar-refractivity contribution is -0.384. The SMILES string of the molecule is C[C@H](CC(Cc1ccccc1)NC(=O)O)Nc1c([N+](=O)[O-])cnc2ccccc12. The number of nitrogens with zero attached hydrogens (tertiary/aromatic N) is 2. The van der Waals surface area contributed by atoms with Gasteiger partial charge in [0.05, 0.1) is 10.4 Å². The van der Waals surface area contributed by atoms with Crippen molar-refractivity contribution in [1.82, 2.24) is 10.3 Å². The quantitative estimate of drug-likeness (QED) is 0.389. The molecule has 29 heavy (non-hydrogen) atoms. The molecule has 0 aliphatic rings. The summed E-state index contributed by atoms with van der Waals surface area (Å²) in [4.78, 5) is 26.4. The highest BCUT2D eigenvalue weighted by atomic mass is 16.6. The van der Waals surface area contributed by atoms with E-state index in [1.807, 2.05) is 43.3 Å². The highest BCUT2D eigenvalue weighted by Gasteiger charge is 2.22. The molecule has 0 aliphatic carbocycles. The molecule has 0 fully saturated rings. The minimum Gasteiger partial charge on any atom is -0.465 e. The third-order valence-corrected chi connectivity index (χ3v) is 4.63. The molecule has 2 atom stereocenters. The Hall–Kier alpha value is -3.68. The first-order valence-electron chi connectivity index (χ1n) is 9.26. The summed E-state index contributed by atoms with van der Waals surface area (Å²) in [6.07, 6.45) is 1.13. The molecule has 1 unspecified atom stereocenters. The Kier molecular flexibility index (Phi) is 6.23. The molecule has 3 rings (SSSR count).